The average molecular weight is 368 g/mol. The van der Waals surface area contributed by atoms with Gasteiger partial charge in [-0.05, 0) is 32.4 Å². The normalized spacial score (nSPS) is 16.0. The molecule has 1 atom stereocenters. The molecule has 1 amide bonds. The van der Waals surface area contributed by atoms with Crippen LogP contribution in [0, 0.1) is 20.8 Å². The number of nitrogens with zero attached hydrogens (tertiary/aromatic N) is 3. The van der Waals surface area contributed by atoms with Crippen molar-refractivity contribution in [1.29, 1.82) is 0 Å². The molecule has 0 bridgehead atoms. The Labute approximate surface area is 155 Å². The molecule has 26 heavy (non-hydrogen) atoms. The molecule has 2 N–H and O–H groups in total. The zero-order chi connectivity index (χ0) is 18.6. The van der Waals surface area contributed by atoms with Gasteiger partial charge >= 0.3 is 0 Å². The van der Waals surface area contributed by atoms with Gasteiger partial charge in [0.15, 0.2) is 5.76 Å². The molecule has 3 aromatic rings. The van der Waals surface area contributed by atoms with Crippen LogP contribution in [0.4, 0.5) is 0 Å². The van der Waals surface area contributed by atoms with E-state index in [4.69, 9.17) is 10.3 Å². The number of thiophene rings is 1. The molecule has 0 fully saturated rings. The van der Waals surface area contributed by atoms with E-state index in [1.807, 2.05) is 26.2 Å². The Morgan fingerprint density at radius 2 is 2.12 bits per heavy atom. The lowest BCUT2D eigenvalue weighted by atomic mass is 9.95. The van der Waals surface area contributed by atoms with Gasteiger partial charge in [0, 0.05) is 46.5 Å². The molecule has 3 aromatic heterocycles. The van der Waals surface area contributed by atoms with Gasteiger partial charge < -0.3 is 10.3 Å². The second-order valence-electron chi connectivity index (χ2n) is 6.73. The molecular weight excluding hydrogens is 348 g/mol. The van der Waals surface area contributed by atoms with Gasteiger partial charge in [-0.1, -0.05) is 11.2 Å². The van der Waals surface area contributed by atoms with Gasteiger partial charge in [-0.25, -0.2) is 0 Å². The standard InChI is InChI=1S/C19H20N4O2S/c1-9-11(3)26-19-16(9)13(14-5-6-23(4)21-14)7-12(8-15(20)24)18-17(19)10(2)22-25-18/h5-7,12H,8H2,1-4H3,(H2,20,24)/t12-/m0/s1. The van der Waals surface area contributed by atoms with Crippen molar-refractivity contribution in [3.8, 4) is 10.4 Å². The zero-order valence-corrected chi connectivity index (χ0v) is 16.0. The van der Waals surface area contributed by atoms with E-state index in [1.165, 1.54) is 10.4 Å². The van der Waals surface area contributed by atoms with Gasteiger partial charge in [-0.15, -0.1) is 11.3 Å². The van der Waals surface area contributed by atoms with Crippen molar-refractivity contribution in [3.05, 3.63) is 51.5 Å². The third kappa shape index (κ3) is 2.50. The molecule has 134 valence electrons. The summed E-state index contributed by atoms with van der Waals surface area (Å²) in [6.07, 6.45) is 4.15. The van der Waals surface area contributed by atoms with Crippen LogP contribution in [-0.4, -0.2) is 20.8 Å². The monoisotopic (exact) mass is 368 g/mol. The largest absolute Gasteiger partial charge is 0.370 e. The maximum absolute atomic E-state index is 11.7. The van der Waals surface area contributed by atoms with Crippen LogP contribution in [0.15, 0.2) is 22.9 Å². The van der Waals surface area contributed by atoms with Crippen LogP contribution in [0.25, 0.3) is 16.0 Å². The number of fused-ring (bicyclic) bond motifs is 3. The Morgan fingerprint density at radius 3 is 2.77 bits per heavy atom. The van der Waals surface area contributed by atoms with E-state index in [0.717, 1.165) is 33.0 Å². The fraction of sp³-hybridized carbons (Fsp3) is 0.316. The minimum absolute atomic E-state index is 0.172. The number of rotatable bonds is 3. The van der Waals surface area contributed by atoms with Crippen LogP contribution in [0.1, 0.15) is 45.5 Å². The van der Waals surface area contributed by atoms with E-state index in [2.05, 4.69) is 30.2 Å². The van der Waals surface area contributed by atoms with Crippen LogP contribution < -0.4 is 5.73 Å². The molecule has 1 aliphatic rings. The number of carbonyl (C=O) groups excluding carboxylic acids is 1. The van der Waals surface area contributed by atoms with Gasteiger partial charge in [0.2, 0.25) is 5.91 Å². The molecule has 0 unspecified atom stereocenters. The predicted octanol–water partition coefficient (Wildman–Crippen LogP) is 3.47. The van der Waals surface area contributed by atoms with Gasteiger partial charge in [0.1, 0.15) is 0 Å². The van der Waals surface area contributed by atoms with Gasteiger partial charge in [0.05, 0.1) is 17.0 Å². The smallest absolute Gasteiger partial charge is 0.218 e. The third-order valence-corrected chi connectivity index (χ3v) is 6.11. The van der Waals surface area contributed by atoms with Gasteiger partial charge in [-0.3, -0.25) is 9.48 Å². The Kier molecular flexibility index (Phi) is 3.84. The molecule has 0 saturated heterocycles. The van der Waals surface area contributed by atoms with Crippen molar-refractivity contribution in [1.82, 2.24) is 14.9 Å². The number of nitrogens with two attached hydrogens (primary N) is 1. The first kappa shape index (κ1) is 16.8. The molecule has 3 heterocycles. The van der Waals surface area contributed by atoms with E-state index in [1.54, 1.807) is 16.0 Å². The second-order valence-corrected chi connectivity index (χ2v) is 7.95. The number of primary amides is 1. The first-order valence-corrected chi connectivity index (χ1v) is 9.25. The topological polar surface area (TPSA) is 86.9 Å². The van der Waals surface area contributed by atoms with E-state index in [9.17, 15) is 4.79 Å². The molecule has 6 nitrogen and oxygen atoms in total. The first-order chi connectivity index (χ1) is 12.4. The van der Waals surface area contributed by atoms with Crippen molar-refractivity contribution in [2.45, 2.75) is 33.1 Å². The maximum Gasteiger partial charge on any atom is 0.218 e. The predicted molar refractivity (Wildman–Crippen MR) is 101 cm³/mol. The van der Waals surface area contributed by atoms with Crippen molar-refractivity contribution >= 4 is 22.8 Å². The van der Waals surface area contributed by atoms with Crippen molar-refractivity contribution in [2.75, 3.05) is 0 Å². The summed E-state index contributed by atoms with van der Waals surface area (Å²) in [5, 5.41) is 8.77. The number of allylic oxidation sites excluding steroid dienone is 1. The fourth-order valence-corrected chi connectivity index (χ4v) is 4.82. The molecule has 0 aromatic carbocycles. The van der Waals surface area contributed by atoms with Crippen molar-refractivity contribution < 1.29 is 9.32 Å². The number of hydrogen-bond acceptors (Lipinski definition) is 5. The molecule has 0 spiro atoms. The minimum Gasteiger partial charge on any atom is -0.370 e. The summed E-state index contributed by atoms with van der Waals surface area (Å²) in [5.74, 6) is 0.0690. The minimum atomic E-state index is -0.371. The number of aromatic nitrogens is 3. The summed E-state index contributed by atoms with van der Waals surface area (Å²) in [6.45, 7) is 6.18. The lowest BCUT2D eigenvalue weighted by Crippen LogP contribution is -2.14. The van der Waals surface area contributed by atoms with Crippen LogP contribution in [0.2, 0.25) is 0 Å². The summed E-state index contributed by atoms with van der Waals surface area (Å²) in [6, 6.07) is 1.99. The first-order valence-electron chi connectivity index (χ1n) is 8.43. The SMILES string of the molecule is Cc1noc2c1-c1sc(C)c(C)c1C(c1ccn(C)n1)=C[C@H]2CC(N)=O. The van der Waals surface area contributed by atoms with Crippen LogP contribution in [0.3, 0.4) is 0 Å². The number of amides is 1. The molecular formula is C19H20N4O2S. The van der Waals surface area contributed by atoms with E-state index in [0.29, 0.717) is 5.76 Å². The molecule has 4 rings (SSSR count). The fourth-order valence-electron chi connectivity index (χ4n) is 3.54. The zero-order valence-electron chi connectivity index (χ0n) is 15.2. The highest BCUT2D eigenvalue weighted by Gasteiger charge is 2.33. The third-order valence-electron chi connectivity index (χ3n) is 4.89. The summed E-state index contributed by atoms with van der Waals surface area (Å²) in [4.78, 5) is 14.1. The Morgan fingerprint density at radius 1 is 1.35 bits per heavy atom. The van der Waals surface area contributed by atoms with Crippen molar-refractivity contribution in [2.24, 2.45) is 12.8 Å². The lowest BCUT2D eigenvalue weighted by Gasteiger charge is -2.09. The summed E-state index contributed by atoms with van der Waals surface area (Å²) in [7, 11) is 1.90. The lowest BCUT2D eigenvalue weighted by molar-refractivity contribution is -0.118. The van der Waals surface area contributed by atoms with Crippen LogP contribution >= 0.6 is 11.3 Å². The Bertz CT molecular complexity index is 1050. The average Bonchev–Trinajstić information content (AvgIpc) is 3.21. The van der Waals surface area contributed by atoms with Gasteiger partial charge in [0.25, 0.3) is 0 Å². The van der Waals surface area contributed by atoms with Crippen LogP contribution in [-0.2, 0) is 11.8 Å². The van der Waals surface area contributed by atoms with Crippen LogP contribution in [0.5, 0.6) is 0 Å². The van der Waals surface area contributed by atoms with Gasteiger partial charge in [-0.2, -0.15) is 5.10 Å². The summed E-state index contributed by atoms with van der Waals surface area (Å²) < 4.78 is 7.43. The molecule has 0 saturated carbocycles. The Hall–Kier alpha value is -2.67. The highest BCUT2D eigenvalue weighted by atomic mass is 32.1. The number of hydrogen-bond donors (Lipinski definition) is 1. The molecule has 0 radical (unpaired) electrons. The number of aryl methyl sites for hydroxylation is 3. The van der Waals surface area contributed by atoms with E-state index < -0.39 is 0 Å². The summed E-state index contributed by atoms with van der Waals surface area (Å²) in [5.41, 5.74) is 11.6. The second kappa shape index (κ2) is 5.95. The molecule has 7 heteroatoms. The highest BCUT2D eigenvalue weighted by Crippen LogP contribution is 2.49. The van der Waals surface area contributed by atoms with E-state index >= 15 is 0 Å². The maximum atomic E-state index is 11.7. The molecule has 0 aliphatic heterocycles. The van der Waals surface area contributed by atoms with Crippen molar-refractivity contribution in [3.63, 3.8) is 0 Å². The Balaban J connectivity index is 2.05. The molecule has 1 aliphatic carbocycles. The quantitative estimate of drug-likeness (QED) is 0.767. The summed E-state index contributed by atoms with van der Waals surface area (Å²) >= 11 is 1.73. The highest BCUT2D eigenvalue weighted by molar-refractivity contribution is 7.16. The number of carbonyl (C=O) groups is 1. The van der Waals surface area contributed by atoms with E-state index in [-0.39, 0.29) is 18.2 Å².